The minimum atomic E-state index is -0.333. The van der Waals surface area contributed by atoms with E-state index in [1.54, 1.807) is 19.4 Å². The fourth-order valence-corrected chi connectivity index (χ4v) is 2.49. The summed E-state index contributed by atoms with van der Waals surface area (Å²) < 4.78 is 16.6. The molecule has 2 aromatic carbocycles. The fraction of sp³-hybridized carbons (Fsp3) is 0.333. The van der Waals surface area contributed by atoms with Gasteiger partial charge in [-0.25, -0.2) is 5.43 Å². The maximum atomic E-state index is 11.9. The molecule has 0 bridgehead atoms. The first-order chi connectivity index (χ1) is 12.9. The summed E-state index contributed by atoms with van der Waals surface area (Å²) in [5.41, 5.74) is 5.21. The van der Waals surface area contributed by atoms with E-state index in [4.69, 9.17) is 14.2 Å². The number of nitrogens with zero attached hydrogens (tertiary/aromatic N) is 1. The molecule has 0 spiro atoms. The maximum Gasteiger partial charge on any atom is 0.277 e. The van der Waals surface area contributed by atoms with Gasteiger partial charge < -0.3 is 14.2 Å². The third kappa shape index (κ3) is 6.02. The van der Waals surface area contributed by atoms with Gasteiger partial charge in [0.05, 0.1) is 19.4 Å². The van der Waals surface area contributed by atoms with Gasteiger partial charge in [-0.2, -0.15) is 5.10 Å². The van der Waals surface area contributed by atoms with E-state index in [9.17, 15) is 4.79 Å². The summed E-state index contributed by atoms with van der Waals surface area (Å²) in [4.78, 5) is 11.9. The van der Waals surface area contributed by atoms with E-state index < -0.39 is 0 Å². The molecule has 0 aliphatic rings. The third-order valence-electron chi connectivity index (χ3n) is 3.71. The predicted molar refractivity (Wildman–Crippen MR) is 106 cm³/mol. The first-order valence-corrected chi connectivity index (χ1v) is 8.76. The third-order valence-corrected chi connectivity index (χ3v) is 3.71. The number of nitrogens with one attached hydrogen (secondary N) is 1. The lowest BCUT2D eigenvalue weighted by molar-refractivity contribution is -0.123. The SMILES string of the molecule is COc1cc(/C=N/NC(=O)COc2c(C)cccc2C)ccc1OC(C)C. The van der Waals surface area contributed by atoms with Crippen molar-refractivity contribution in [2.75, 3.05) is 13.7 Å². The Bertz CT molecular complexity index is 796. The molecule has 0 saturated carbocycles. The van der Waals surface area contributed by atoms with Gasteiger partial charge in [0.2, 0.25) is 0 Å². The summed E-state index contributed by atoms with van der Waals surface area (Å²) in [5.74, 6) is 1.66. The summed E-state index contributed by atoms with van der Waals surface area (Å²) in [7, 11) is 1.58. The van der Waals surface area contributed by atoms with Crippen molar-refractivity contribution in [3.8, 4) is 17.2 Å². The van der Waals surface area contributed by atoms with Crippen molar-refractivity contribution in [3.05, 3.63) is 53.1 Å². The Balaban J connectivity index is 1.92. The Morgan fingerprint density at radius 2 is 1.85 bits per heavy atom. The first kappa shape index (κ1) is 20.3. The zero-order valence-corrected chi connectivity index (χ0v) is 16.4. The van der Waals surface area contributed by atoms with Crippen LogP contribution < -0.4 is 19.6 Å². The number of methoxy groups -OCH3 is 1. The molecule has 1 N–H and O–H groups in total. The zero-order valence-electron chi connectivity index (χ0n) is 16.4. The van der Waals surface area contributed by atoms with Gasteiger partial charge in [-0.1, -0.05) is 18.2 Å². The normalized spacial score (nSPS) is 10.9. The number of rotatable bonds is 8. The van der Waals surface area contributed by atoms with E-state index in [0.717, 1.165) is 22.4 Å². The summed E-state index contributed by atoms with van der Waals surface area (Å²) in [6, 6.07) is 11.3. The van der Waals surface area contributed by atoms with Gasteiger partial charge >= 0.3 is 0 Å². The summed E-state index contributed by atoms with van der Waals surface area (Å²) in [5, 5.41) is 3.96. The van der Waals surface area contributed by atoms with Gasteiger partial charge in [0.25, 0.3) is 5.91 Å². The summed E-state index contributed by atoms with van der Waals surface area (Å²) in [6.07, 6.45) is 1.59. The monoisotopic (exact) mass is 370 g/mol. The van der Waals surface area contributed by atoms with Crippen molar-refractivity contribution < 1.29 is 19.0 Å². The lowest BCUT2D eigenvalue weighted by atomic mass is 10.1. The predicted octanol–water partition coefficient (Wildman–Crippen LogP) is 3.63. The number of aryl methyl sites for hydroxylation is 2. The molecule has 0 saturated heterocycles. The molecular formula is C21H26N2O4. The van der Waals surface area contributed by atoms with Gasteiger partial charge in [-0.15, -0.1) is 0 Å². The smallest absolute Gasteiger partial charge is 0.277 e. The van der Waals surface area contributed by atoms with Gasteiger partial charge in [0, 0.05) is 0 Å². The van der Waals surface area contributed by atoms with Crippen LogP contribution in [0.2, 0.25) is 0 Å². The quantitative estimate of drug-likeness (QED) is 0.569. The molecule has 0 unspecified atom stereocenters. The zero-order chi connectivity index (χ0) is 19.8. The number of para-hydroxylation sites is 1. The average Bonchev–Trinajstić information content (AvgIpc) is 2.62. The second-order valence-corrected chi connectivity index (χ2v) is 6.38. The molecular weight excluding hydrogens is 344 g/mol. The number of benzene rings is 2. The van der Waals surface area contributed by atoms with E-state index in [0.29, 0.717) is 11.5 Å². The van der Waals surface area contributed by atoms with Crippen molar-refractivity contribution in [1.29, 1.82) is 0 Å². The molecule has 0 atom stereocenters. The van der Waals surface area contributed by atoms with Gasteiger partial charge in [0.15, 0.2) is 18.1 Å². The average molecular weight is 370 g/mol. The molecule has 0 aliphatic carbocycles. The van der Waals surface area contributed by atoms with Gasteiger partial charge in [0.1, 0.15) is 5.75 Å². The van der Waals surface area contributed by atoms with E-state index in [2.05, 4.69) is 10.5 Å². The number of ether oxygens (including phenoxy) is 3. The summed E-state index contributed by atoms with van der Waals surface area (Å²) >= 11 is 0. The molecule has 2 rings (SSSR count). The molecule has 144 valence electrons. The number of hydrazone groups is 1. The van der Waals surface area contributed by atoms with Crippen LogP contribution in [-0.2, 0) is 4.79 Å². The molecule has 2 aromatic rings. The van der Waals surface area contributed by atoms with Gasteiger partial charge in [-0.05, 0) is 62.6 Å². The van der Waals surface area contributed by atoms with Crippen LogP contribution in [0.25, 0.3) is 0 Å². The molecule has 0 fully saturated rings. The fourth-order valence-electron chi connectivity index (χ4n) is 2.49. The molecule has 0 aliphatic heterocycles. The summed E-state index contributed by atoms with van der Waals surface area (Å²) in [6.45, 7) is 7.68. The second kappa shape index (κ2) is 9.62. The van der Waals surface area contributed by atoms with Crippen molar-refractivity contribution in [3.63, 3.8) is 0 Å². The molecule has 0 heterocycles. The van der Waals surface area contributed by atoms with Crippen LogP contribution >= 0.6 is 0 Å². The molecule has 0 aromatic heterocycles. The first-order valence-electron chi connectivity index (χ1n) is 8.76. The number of carbonyl (C=O) groups excluding carboxylic acids is 1. The van der Waals surface area contributed by atoms with E-state index in [1.165, 1.54) is 0 Å². The van der Waals surface area contributed by atoms with Crippen molar-refractivity contribution in [2.24, 2.45) is 5.10 Å². The highest BCUT2D eigenvalue weighted by Gasteiger charge is 2.08. The maximum absolute atomic E-state index is 11.9. The number of hydrogen-bond acceptors (Lipinski definition) is 5. The highest BCUT2D eigenvalue weighted by Crippen LogP contribution is 2.28. The molecule has 1 amide bonds. The van der Waals surface area contributed by atoms with E-state index in [-0.39, 0.29) is 18.6 Å². The Kier molecular flexibility index (Phi) is 7.23. The highest BCUT2D eigenvalue weighted by atomic mass is 16.5. The van der Waals surface area contributed by atoms with Gasteiger partial charge in [-0.3, -0.25) is 4.79 Å². The van der Waals surface area contributed by atoms with Crippen LogP contribution in [-0.4, -0.2) is 31.9 Å². The topological polar surface area (TPSA) is 69.2 Å². The highest BCUT2D eigenvalue weighted by molar-refractivity contribution is 5.83. The Morgan fingerprint density at radius 1 is 1.15 bits per heavy atom. The Hall–Kier alpha value is -3.02. The van der Waals surface area contributed by atoms with Crippen LogP contribution in [0.1, 0.15) is 30.5 Å². The number of amides is 1. The Labute approximate surface area is 160 Å². The number of carbonyl (C=O) groups is 1. The van der Waals surface area contributed by atoms with Crippen LogP contribution in [0, 0.1) is 13.8 Å². The van der Waals surface area contributed by atoms with E-state index >= 15 is 0 Å². The standard InChI is InChI=1S/C21H26N2O4/c1-14(2)27-18-10-9-17(11-19(18)25-5)12-22-23-20(24)13-26-21-15(3)7-6-8-16(21)4/h6-12,14H,13H2,1-5H3,(H,23,24)/b22-12+. The molecule has 6 nitrogen and oxygen atoms in total. The Morgan fingerprint density at radius 3 is 2.48 bits per heavy atom. The largest absolute Gasteiger partial charge is 0.493 e. The lowest BCUT2D eigenvalue weighted by Gasteiger charge is -2.13. The molecule has 6 heteroatoms. The van der Waals surface area contributed by atoms with Crippen molar-refractivity contribution >= 4 is 12.1 Å². The number of hydrogen-bond donors (Lipinski definition) is 1. The van der Waals surface area contributed by atoms with Crippen molar-refractivity contribution in [2.45, 2.75) is 33.8 Å². The minimum Gasteiger partial charge on any atom is -0.493 e. The van der Waals surface area contributed by atoms with Crippen LogP contribution in [0.15, 0.2) is 41.5 Å². The lowest BCUT2D eigenvalue weighted by Crippen LogP contribution is -2.25. The van der Waals surface area contributed by atoms with Crippen LogP contribution in [0.4, 0.5) is 0 Å². The van der Waals surface area contributed by atoms with Crippen LogP contribution in [0.5, 0.6) is 17.2 Å². The molecule has 27 heavy (non-hydrogen) atoms. The minimum absolute atomic E-state index is 0.0505. The van der Waals surface area contributed by atoms with Crippen LogP contribution in [0.3, 0.4) is 0 Å². The van der Waals surface area contributed by atoms with Crippen molar-refractivity contribution in [1.82, 2.24) is 5.43 Å². The second-order valence-electron chi connectivity index (χ2n) is 6.38. The van der Waals surface area contributed by atoms with E-state index in [1.807, 2.05) is 58.0 Å². The molecule has 0 radical (unpaired) electrons.